The van der Waals surface area contributed by atoms with Crippen LogP contribution in [0, 0.1) is 0 Å². The molecule has 0 amide bonds. The van der Waals surface area contributed by atoms with Crippen LogP contribution in [0.15, 0.2) is 15.4 Å². The minimum atomic E-state index is -0.717. The predicted octanol–water partition coefficient (Wildman–Crippen LogP) is 0.772. The molecule has 0 saturated heterocycles. The molecule has 0 aromatic rings. The van der Waals surface area contributed by atoms with Crippen LogP contribution in [0.25, 0.3) is 0 Å². The Morgan fingerprint density at radius 2 is 2.18 bits per heavy atom. The van der Waals surface area contributed by atoms with Gasteiger partial charge >= 0.3 is 0 Å². The van der Waals surface area contributed by atoms with Gasteiger partial charge in [-0.2, -0.15) is 10.2 Å². The van der Waals surface area contributed by atoms with Crippen molar-refractivity contribution in [2.24, 2.45) is 15.4 Å². The summed E-state index contributed by atoms with van der Waals surface area (Å²) in [5, 5.41) is 21.6. The first-order valence-electron chi connectivity index (χ1n) is 3.46. The van der Waals surface area contributed by atoms with Gasteiger partial charge in [-0.25, -0.2) is 0 Å². The fraction of sp³-hybridized carbons (Fsp3) is 0.833. The number of aliphatic hydroxyl groups excluding tert-OH is 1. The lowest BCUT2D eigenvalue weighted by Crippen LogP contribution is -2.30. The highest BCUT2D eigenvalue weighted by Gasteiger charge is 2.20. The summed E-state index contributed by atoms with van der Waals surface area (Å²) in [4.78, 5) is 0. The van der Waals surface area contributed by atoms with E-state index in [0.29, 0.717) is 0 Å². The fourth-order valence-electron chi connectivity index (χ4n) is 0.582. The van der Waals surface area contributed by atoms with E-state index in [0.717, 1.165) is 5.12 Å². The fourth-order valence-corrected chi connectivity index (χ4v) is 0.582. The Labute approximate surface area is 65.4 Å². The van der Waals surface area contributed by atoms with E-state index < -0.39 is 6.23 Å². The number of hydrogen-bond donors (Lipinski definition) is 1. The molecule has 0 radical (unpaired) electrons. The summed E-state index contributed by atoms with van der Waals surface area (Å²) in [6, 6.07) is 0. The van der Waals surface area contributed by atoms with Crippen LogP contribution in [-0.4, -0.2) is 28.2 Å². The Balaban J connectivity index is 2.65. The molecule has 0 aromatic heterocycles. The normalized spacial score (nSPS) is 23.8. The molecule has 5 nitrogen and oxygen atoms in total. The monoisotopic (exact) mass is 156 g/mol. The molecular weight excluding hydrogens is 144 g/mol. The maximum atomic E-state index is 9.01. The van der Waals surface area contributed by atoms with Crippen molar-refractivity contribution in [2.75, 3.05) is 0 Å². The molecule has 0 spiro atoms. The minimum absolute atomic E-state index is 0.342. The SMILES string of the molecule is CC(O)N1N=CC(C)(C)N=N1. The molecular formula is C6H12N4O. The van der Waals surface area contributed by atoms with Crippen LogP contribution in [0.2, 0.25) is 0 Å². The molecule has 0 saturated carbocycles. The van der Waals surface area contributed by atoms with E-state index in [1.54, 1.807) is 13.1 Å². The highest BCUT2D eigenvalue weighted by molar-refractivity contribution is 5.68. The summed E-state index contributed by atoms with van der Waals surface area (Å²) in [6.07, 6.45) is 0.929. The molecule has 0 fully saturated rings. The van der Waals surface area contributed by atoms with E-state index in [-0.39, 0.29) is 5.54 Å². The highest BCUT2D eigenvalue weighted by atomic mass is 16.3. The zero-order valence-electron chi connectivity index (χ0n) is 6.89. The molecule has 0 aromatic carbocycles. The van der Waals surface area contributed by atoms with E-state index in [4.69, 9.17) is 5.11 Å². The average Bonchev–Trinajstić information content (AvgIpc) is 1.86. The zero-order valence-corrected chi connectivity index (χ0v) is 6.89. The van der Waals surface area contributed by atoms with Crippen LogP contribution in [0.5, 0.6) is 0 Å². The Morgan fingerprint density at radius 1 is 1.55 bits per heavy atom. The van der Waals surface area contributed by atoms with Crippen LogP contribution in [0.3, 0.4) is 0 Å². The van der Waals surface area contributed by atoms with Gasteiger partial charge < -0.3 is 5.11 Å². The lowest BCUT2D eigenvalue weighted by molar-refractivity contribution is 0.0108. The molecule has 62 valence electrons. The topological polar surface area (TPSA) is 60.5 Å². The molecule has 0 bridgehead atoms. The lowest BCUT2D eigenvalue weighted by atomic mass is 10.1. The van der Waals surface area contributed by atoms with Crippen molar-refractivity contribution >= 4 is 6.21 Å². The largest absolute Gasteiger partial charge is 0.370 e. The first-order valence-corrected chi connectivity index (χ1v) is 3.46. The van der Waals surface area contributed by atoms with Crippen LogP contribution < -0.4 is 0 Å². The van der Waals surface area contributed by atoms with Crippen molar-refractivity contribution in [3.63, 3.8) is 0 Å². The van der Waals surface area contributed by atoms with E-state index in [2.05, 4.69) is 15.4 Å². The molecule has 1 rings (SSSR count). The maximum Gasteiger partial charge on any atom is 0.165 e. The molecule has 1 N–H and O–H groups in total. The summed E-state index contributed by atoms with van der Waals surface area (Å²) < 4.78 is 0. The zero-order chi connectivity index (χ0) is 8.48. The van der Waals surface area contributed by atoms with Gasteiger partial charge in [0.1, 0.15) is 5.54 Å². The third kappa shape index (κ3) is 1.98. The molecule has 1 aliphatic heterocycles. The smallest absolute Gasteiger partial charge is 0.165 e. The molecule has 1 heterocycles. The van der Waals surface area contributed by atoms with Gasteiger partial charge in [-0.3, -0.25) is 0 Å². The number of aliphatic hydroxyl groups is 1. The minimum Gasteiger partial charge on any atom is -0.370 e. The standard InChI is InChI=1S/C6H12N4O/c1-5(11)10-7-4-6(2,3)8-9-10/h4-5,11H,1-3H3. The van der Waals surface area contributed by atoms with Crippen molar-refractivity contribution < 1.29 is 5.11 Å². The van der Waals surface area contributed by atoms with E-state index in [1.807, 2.05) is 13.8 Å². The van der Waals surface area contributed by atoms with Gasteiger partial charge in [0.2, 0.25) is 0 Å². The summed E-state index contributed by atoms with van der Waals surface area (Å²) in [5.41, 5.74) is -0.342. The number of hydrogen-bond acceptors (Lipinski definition) is 5. The molecule has 5 heteroatoms. The lowest BCUT2D eigenvalue weighted by Gasteiger charge is -2.22. The second-order valence-corrected chi connectivity index (χ2v) is 3.04. The molecule has 11 heavy (non-hydrogen) atoms. The second-order valence-electron chi connectivity index (χ2n) is 3.04. The average molecular weight is 156 g/mol. The Bertz CT molecular complexity index is 181. The van der Waals surface area contributed by atoms with Gasteiger partial charge in [-0.15, -0.1) is 5.12 Å². The summed E-state index contributed by atoms with van der Waals surface area (Å²) in [7, 11) is 0. The molecule has 0 aliphatic carbocycles. The highest BCUT2D eigenvalue weighted by Crippen LogP contribution is 2.13. The van der Waals surface area contributed by atoms with Gasteiger partial charge in [-0.1, -0.05) is 5.22 Å². The van der Waals surface area contributed by atoms with Gasteiger partial charge in [0.25, 0.3) is 0 Å². The first-order chi connectivity index (χ1) is 5.01. The van der Waals surface area contributed by atoms with E-state index in [9.17, 15) is 0 Å². The Hall–Kier alpha value is -0.970. The van der Waals surface area contributed by atoms with Crippen LogP contribution in [0.4, 0.5) is 0 Å². The predicted molar refractivity (Wildman–Crippen MR) is 40.9 cm³/mol. The van der Waals surface area contributed by atoms with Gasteiger partial charge in [0.05, 0.1) is 6.21 Å². The van der Waals surface area contributed by atoms with Gasteiger partial charge in [0.15, 0.2) is 6.23 Å². The van der Waals surface area contributed by atoms with E-state index in [1.165, 1.54) is 0 Å². The Kier molecular flexibility index (Phi) is 1.90. The van der Waals surface area contributed by atoms with Gasteiger partial charge in [0, 0.05) is 0 Å². The quantitative estimate of drug-likeness (QED) is 0.609. The van der Waals surface area contributed by atoms with Gasteiger partial charge in [-0.05, 0) is 20.8 Å². The number of nitrogens with zero attached hydrogens (tertiary/aromatic N) is 4. The second kappa shape index (κ2) is 2.58. The van der Waals surface area contributed by atoms with Crippen molar-refractivity contribution in [3.8, 4) is 0 Å². The summed E-state index contributed by atoms with van der Waals surface area (Å²) >= 11 is 0. The van der Waals surface area contributed by atoms with Crippen molar-refractivity contribution in [1.82, 2.24) is 5.12 Å². The summed E-state index contributed by atoms with van der Waals surface area (Å²) in [6.45, 7) is 5.35. The third-order valence-corrected chi connectivity index (χ3v) is 1.22. The van der Waals surface area contributed by atoms with E-state index >= 15 is 0 Å². The summed E-state index contributed by atoms with van der Waals surface area (Å²) in [5.74, 6) is 0. The van der Waals surface area contributed by atoms with Crippen molar-refractivity contribution in [2.45, 2.75) is 32.5 Å². The van der Waals surface area contributed by atoms with Crippen molar-refractivity contribution in [1.29, 1.82) is 0 Å². The molecule has 1 atom stereocenters. The number of hydrazone groups is 1. The van der Waals surface area contributed by atoms with Crippen LogP contribution >= 0.6 is 0 Å². The molecule has 1 aliphatic rings. The third-order valence-electron chi connectivity index (χ3n) is 1.22. The molecule has 1 unspecified atom stereocenters. The first kappa shape index (κ1) is 8.13. The maximum absolute atomic E-state index is 9.01. The van der Waals surface area contributed by atoms with Crippen LogP contribution in [0.1, 0.15) is 20.8 Å². The van der Waals surface area contributed by atoms with Crippen LogP contribution in [-0.2, 0) is 0 Å². The Morgan fingerprint density at radius 3 is 2.55 bits per heavy atom. The number of rotatable bonds is 1. The van der Waals surface area contributed by atoms with Crippen molar-refractivity contribution in [3.05, 3.63) is 0 Å².